The fourth-order valence-electron chi connectivity index (χ4n) is 5.54. The molecule has 0 aliphatic carbocycles. The maximum Gasteiger partial charge on any atom is 0.276 e. The Balaban J connectivity index is 1.29. The van der Waals surface area contributed by atoms with Crippen molar-refractivity contribution in [3.05, 3.63) is 88.0 Å². The molecule has 2 fully saturated rings. The third kappa shape index (κ3) is 3.56. The van der Waals surface area contributed by atoms with Crippen LogP contribution in [0.15, 0.2) is 59.0 Å². The third-order valence-electron chi connectivity index (χ3n) is 7.66. The molecule has 2 aromatic carbocycles. The molecule has 182 valence electrons. The van der Waals surface area contributed by atoms with E-state index >= 15 is 0 Å². The Morgan fingerprint density at radius 1 is 1.20 bits per heavy atom. The zero-order chi connectivity index (χ0) is 24.5. The van der Waals surface area contributed by atoms with Gasteiger partial charge in [0.1, 0.15) is 12.3 Å². The van der Waals surface area contributed by atoms with Gasteiger partial charge < -0.3 is 15.1 Å². The quantitative estimate of drug-likeness (QED) is 0.556. The number of carbonyl (C=O) groups excluding carboxylic acids is 1. The lowest BCUT2D eigenvalue weighted by Crippen LogP contribution is -2.65. The van der Waals surface area contributed by atoms with E-state index in [9.17, 15) is 23.8 Å². The fourth-order valence-corrected chi connectivity index (χ4v) is 6.63. The monoisotopic (exact) mass is 497 g/mol. The van der Waals surface area contributed by atoms with Crippen LogP contribution in [0.5, 0.6) is 0 Å². The number of hydrogen-bond acceptors (Lipinski definition) is 6. The molecule has 0 bridgehead atoms. The van der Waals surface area contributed by atoms with Crippen LogP contribution in [0.4, 0.5) is 8.78 Å². The van der Waals surface area contributed by atoms with Crippen LogP contribution in [-0.4, -0.2) is 44.8 Å². The predicted molar refractivity (Wildman–Crippen MR) is 127 cm³/mol. The van der Waals surface area contributed by atoms with Crippen molar-refractivity contribution in [1.82, 2.24) is 15.3 Å². The van der Waals surface area contributed by atoms with Gasteiger partial charge >= 0.3 is 0 Å². The van der Waals surface area contributed by atoms with E-state index in [2.05, 4.69) is 30.5 Å². The van der Waals surface area contributed by atoms with Crippen molar-refractivity contribution >= 4 is 17.7 Å². The molecule has 4 heterocycles. The van der Waals surface area contributed by atoms with Crippen LogP contribution in [0.3, 0.4) is 0 Å². The number of carbonyl (C=O) groups is 1. The van der Waals surface area contributed by atoms with Gasteiger partial charge in [0.15, 0.2) is 23.1 Å². The summed E-state index contributed by atoms with van der Waals surface area (Å²) in [5.74, 6) is -1.83. The number of hydrazine groups is 1. The zero-order valence-electron chi connectivity index (χ0n) is 19.1. The van der Waals surface area contributed by atoms with Crippen molar-refractivity contribution in [2.75, 3.05) is 6.54 Å². The van der Waals surface area contributed by atoms with Crippen LogP contribution in [-0.2, 0) is 22.4 Å². The first kappa shape index (κ1) is 22.6. The summed E-state index contributed by atoms with van der Waals surface area (Å²) in [6.45, 7) is 2.68. The highest BCUT2D eigenvalue weighted by Crippen LogP contribution is 2.43. The number of hydrogen-bond donors (Lipinski definition) is 3. The van der Waals surface area contributed by atoms with E-state index in [1.807, 2.05) is 0 Å². The largest absolute Gasteiger partial charge is 0.507 e. The van der Waals surface area contributed by atoms with Gasteiger partial charge in [-0.1, -0.05) is 25.1 Å². The Morgan fingerprint density at radius 3 is 2.86 bits per heavy atom. The van der Waals surface area contributed by atoms with Crippen LogP contribution in [0, 0.1) is 11.6 Å². The highest BCUT2D eigenvalue weighted by atomic mass is 32.2. The van der Waals surface area contributed by atoms with Gasteiger partial charge in [-0.3, -0.25) is 9.80 Å². The van der Waals surface area contributed by atoms with Gasteiger partial charge in [-0.25, -0.2) is 14.2 Å². The Labute approximate surface area is 205 Å². The van der Waals surface area contributed by atoms with E-state index in [-0.39, 0.29) is 28.9 Å². The number of benzene rings is 2. The summed E-state index contributed by atoms with van der Waals surface area (Å²) in [7, 11) is 0. The Morgan fingerprint density at radius 2 is 2.03 bits per heavy atom. The standard InChI is InChI=1S/C26H25F2N3O3S/c1-26(7-9-30-21(12-26)29-31-8-6-19(32)24(33)23(31)25(30)34)16-3-5-20-15(11-16)10-14-2-4-18(27)22(28)17(14)13-35-20/h2-6,8,11,19,21,29,32-33H,7,9-10,12-13H2,1H3/t19?,21-,26-/m0/s1. The molecule has 1 amide bonds. The first-order valence-electron chi connectivity index (χ1n) is 11.6. The molecule has 2 aromatic rings. The van der Waals surface area contributed by atoms with Gasteiger partial charge in [-0.2, -0.15) is 0 Å². The molecular formula is C26H25F2N3O3S. The normalized spacial score (nSPS) is 27.7. The number of aliphatic hydroxyl groups excluding tert-OH is 2. The number of amides is 1. The van der Waals surface area contributed by atoms with E-state index < -0.39 is 17.7 Å². The smallest absolute Gasteiger partial charge is 0.276 e. The number of nitrogens with zero attached hydrogens (tertiary/aromatic N) is 2. The SMILES string of the molecule is C[C@]1(c2ccc3c(c2)Cc2ccc(F)c(F)c2CS3)CCN2C(=O)C3=C(O)C(O)C=CN3N[C@@H]2C1. The summed E-state index contributed by atoms with van der Waals surface area (Å²) in [4.78, 5) is 15.9. The lowest BCUT2D eigenvalue weighted by Gasteiger charge is -2.51. The average molecular weight is 498 g/mol. The molecule has 4 aliphatic heterocycles. The Hall–Kier alpha value is -2.88. The van der Waals surface area contributed by atoms with Gasteiger partial charge in [-0.15, -0.1) is 11.8 Å². The maximum atomic E-state index is 14.4. The van der Waals surface area contributed by atoms with Gasteiger partial charge in [0, 0.05) is 29.0 Å². The minimum atomic E-state index is -1.19. The molecule has 0 radical (unpaired) electrons. The van der Waals surface area contributed by atoms with E-state index in [4.69, 9.17) is 0 Å². The first-order valence-corrected chi connectivity index (χ1v) is 12.6. The highest BCUT2D eigenvalue weighted by Gasteiger charge is 2.46. The number of nitrogens with one attached hydrogen (secondary N) is 1. The number of rotatable bonds is 1. The Kier molecular flexibility index (Phi) is 5.21. The van der Waals surface area contributed by atoms with Crippen LogP contribution < -0.4 is 5.43 Å². The van der Waals surface area contributed by atoms with Crippen molar-refractivity contribution in [1.29, 1.82) is 0 Å². The van der Waals surface area contributed by atoms with Gasteiger partial charge in [0.25, 0.3) is 5.91 Å². The first-order chi connectivity index (χ1) is 16.7. The summed E-state index contributed by atoms with van der Waals surface area (Å²) in [6.07, 6.45) is 3.45. The number of aliphatic hydroxyl groups is 2. The van der Waals surface area contributed by atoms with Crippen LogP contribution in [0.2, 0.25) is 0 Å². The maximum absolute atomic E-state index is 14.4. The lowest BCUT2D eigenvalue weighted by atomic mass is 9.72. The number of halogens is 2. The summed E-state index contributed by atoms with van der Waals surface area (Å²) < 4.78 is 28.2. The van der Waals surface area contributed by atoms with Crippen LogP contribution in [0.25, 0.3) is 0 Å². The van der Waals surface area contributed by atoms with Crippen LogP contribution >= 0.6 is 11.8 Å². The molecule has 6 nitrogen and oxygen atoms in total. The fraction of sp³-hybridized carbons (Fsp3) is 0.346. The predicted octanol–water partition coefficient (Wildman–Crippen LogP) is 3.85. The minimum Gasteiger partial charge on any atom is -0.507 e. The summed E-state index contributed by atoms with van der Waals surface area (Å²) in [6, 6.07) is 9.23. The van der Waals surface area contributed by atoms with Gasteiger partial charge in [0.05, 0.1) is 0 Å². The zero-order valence-corrected chi connectivity index (χ0v) is 19.9. The topological polar surface area (TPSA) is 76.0 Å². The van der Waals surface area contributed by atoms with E-state index in [0.717, 1.165) is 28.0 Å². The van der Waals surface area contributed by atoms with Gasteiger partial charge in [-0.05, 0) is 59.6 Å². The molecule has 0 aromatic heterocycles. The van der Waals surface area contributed by atoms with E-state index in [1.54, 1.807) is 17.2 Å². The molecule has 2 saturated heterocycles. The Bertz CT molecular complexity index is 1310. The van der Waals surface area contributed by atoms with Crippen LogP contribution in [0.1, 0.15) is 42.0 Å². The highest BCUT2D eigenvalue weighted by molar-refractivity contribution is 7.98. The van der Waals surface area contributed by atoms with E-state index in [0.29, 0.717) is 30.7 Å². The molecule has 9 heteroatoms. The molecular weight excluding hydrogens is 472 g/mol. The van der Waals surface area contributed by atoms with Crippen molar-refractivity contribution in [2.45, 2.75) is 54.5 Å². The van der Waals surface area contributed by atoms with Gasteiger partial charge in [0.2, 0.25) is 0 Å². The second-order valence-electron chi connectivity index (χ2n) is 9.84. The lowest BCUT2D eigenvalue weighted by molar-refractivity contribution is -0.142. The molecule has 1 unspecified atom stereocenters. The van der Waals surface area contributed by atoms with Crippen molar-refractivity contribution < 1.29 is 23.8 Å². The molecule has 0 saturated carbocycles. The van der Waals surface area contributed by atoms with Crippen molar-refractivity contribution in [3.8, 4) is 0 Å². The molecule has 35 heavy (non-hydrogen) atoms. The van der Waals surface area contributed by atoms with Crippen molar-refractivity contribution in [2.24, 2.45) is 0 Å². The minimum absolute atomic E-state index is 0.0595. The molecule has 4 aliphatic rings. The second kappa shape index (κ2) is 8.08. The second-order valence-corrected chi connectivity index (χ2v) is 10.9. The molecule has 0 spiro atoms. The summed E-state index contributed by atoms with van der Waals surface area (Å²) >= 11 is 1.53. The number of piperidine rings is 1. The summed E-state index contributed by atoms with van der Waals surface area (Å²) in [5.41, 5.74) is 6.62. The van der Waals surface area contributed by atoms with Crippen molar-refractivity contribution in [3.63, 3.8) is 0 Å². The van der Waals surface area contributed by atoms with E-state index in [1.165, 1.54) is 28.9 Å². The molecule has 3 atom stereocenters. The third-order valence-corrected chi connectivity index (χ3v) is 8.80. The number of thioether (sulfide) groups is 1. The number of fused-ring (bicyclic) bond motifs is 4. The molecule has 6 rings (SSSR count). The molecule has 3 N–H and O–H groups in total. The summed E-state index contributed by atoms with van der Waals surface area (Å²) in [5, 5.41) is 21.7. The average Bonchev–Trinajstić information content (AvgIpc) is 3.03.